The van der Waals surface area contributed by atoms with Crippen molar-refractivity contribution in [3.05, 3.63) is 70.0 Å². The van der Waals surface area contributed by atoms with Gasteiger partial charge in [0.25, 0.3) is 5.56 Å². The highest BCUT2D eigenvalue weighted by atomic mass is 16.1. The molecule has 0 bridgehead atoms. The van der Waals surface area contributed by atoms with Crippen LogP contribution in [-0.2, 0) is 0 Å². The summed E-state index contributed by atoms with van der Waals surface area (Å²) in [7, 11) is 0. The predicted molar refractivity (Wildman–Crippen MR) is 127 cm³/mol. The third kappa shape index (κ3) is 3.63. The first-order chi connectivity index (χ1) is 15.1. The summed E-state index contributed by atoms with van der Waals surface area (Å²) in [5, 5.41) is 0. The van der Waals surface area contributed by atoms with Crippen LogP contribution in [0.25, 0.3) is 11.3 Å². The summed E-state index contributed by atoms with van der Waals surface area (Å²) in [6.07, 6.45) is 2.25. The zero-order valence-corrected chi connectivity index (χ0v) is 18.1. The summed E-state index contributed by atoms with van der Waals surface area (Å²) in [6, 6.07) is 16.1. The molecule has 1 aliphatic carbocycles. The SMILES string of the molecule is C/C(=N\c1cc(N2CCCN3CCCN=C32)ccc1C)c1c2cccccc-2[nH]c1=O. The second-order valence-corrected chi connectivity index (χ2v) is 8.26. The van der Waals surface area contributed by atoms with Gasteiger partial charge in [-0.05, 0) is 50.5 Å². The first-order valence-electron chi connectivity index (χ1n) is 11.0. The van der Waals surface area contributed by atoms with E-state index in [-0.39, 0.29) is 5.56 Å². The minimum Gasteiger partial charge on any atom is -0.342 e. The van der Waals surface area contributed by atoms with Crippen molar-refractivity contribution in [2.75, 3.05) is 31.1 Å². The van der Waals surface area contributed by atoms with Gasteiger partial charge >= 0.3 is 0 Å². The van der Waals surface area contributed by atoms with Gasteiger partial charge in [0.2, 0.25) is 5.96 Å². The summed E-state index contributed by atoms with van der Waals surface area (Å²) in [6.45, 7) is 7.98. The number of anilines is 1. The summed E-state index contributed by atoms with van der Waals surface area (Å²) in [5.41, 5.74) is 6.06. The van der Waals surface area contributed by atoms with Crippen LogP contribution in [0.5, 0.6) is 0 Å². The van der Waals surface area contributed by atoms with Gasteiger partial charge in [0.1, 0.15) is 0 Å². The molecule has 1 aromatic carbocycles. The fraction of sp³-hybridized carbons (Fsp3) is 0.320. The molecular weight excluding hydrogens is 386 g/mol. The number of nitrogens with zero attached hydrogens (tertiary/aromatic N) is 4. The van der Waals surface area contributed by atoms with Crippen LogP contribution in [0, 0.1) is 6.92 Å². The topological polar surface area (TPSA) is 64.1 Å². The van der Waals surface area contributed by atoms with E-state index in [1.807, 2.05) is 37.3 Å². The minimum atomic E-state index is -0.0977. The van der Waals surface area contributed by atoms with E-state index < -0.39 is 0 Å². The lowest BCUT2D eigenvalue weighted by atomic mass is 10.1. The lowest BCUT2D eigenvalue weighted by molar-refractivity contribution is 0.360. The standard InChI is InChI=1S/C25H27N5O/c1-17-10-11-19(30-15-7-14-29-13-6-12-26-25(29)30)16-22(17)27-18(2)23-20-8-4-3-5-9-21(20)28-24(23)31/h3-5,8-11,16H,6-7,12-15H2,1-2H3,(H,28,31)/b27-18+. The molecular formula is C25H27N5O. The lowest BCUT2D eigenvalue weighted by Gasteiger charge is -2.41. The van der Waals surface area contributed by atoms with Crippen molar-refractivity contribution in [2.45, 2.75) is 26.7 Å². The highest BCUT2D eigenvalue weighted by molar-refractivity contribution is 6.06. The average Bonchev–Trinajstić information content (AvgIpc) is 2.93. The van der Waals surface area contributed by atoms with Crippen LogP contribution < -0.4 is 10.5 Å². The maximum absolute atomic E-state index is 12.7. The Kier molecular flexibility index (Phi) is 5.06. The minimum absolute atomic E-state index is 0.0977. The van der Waals surface area contributed by atoms with E-state index >= 15 is 0 Å². The van der Waals surface area contributed by atoms with E-state index in [4.69, 9.17) is 9.98 Å². The maximum Gasteiger partial charge on any atom is 0.258 e. The molecule has 1 fully saturated rings. The smallest absolute Gasteiger partial charge is 0.258 e. The van der Waals surface area contributed by atoms with Crippen molar-refractivity contribution in [3.63, 3.8) is 0 Å². The molecule has 3 aliphatic heterocycles. The van der Waals surface area contributed by atoms with Crippen LogP contribution in [0.4, 0.5) is 11.4 Å². The molecule has 0 radical (unpaired) electrons. The number of guanidine groups is 1. The number of aromatic nitrogens is 1. The number of aromatic amines is 1. The molecule has 0 atom stereocenters. The number of rotatable bonds is 3. The third-order valence-electron chi connectivity index (χ3n) is 6.11. The van der Waals surface area contributed by atoms with Gasteiger partial charge in [0, 0.05) is 43.1 Å². The Hall–Kier alpha value is -3.41. The third-order valence-corrected chi connectivity index (χ3v) is 6.11. The van der Waals surface area contributed by atoms with Gasteiger partial charge in [-0.25, -0.2) is 0 Å². The molecule has 0 amide bonds. The van der Waals surface area contributed by atoms with E-state index in [9.17, 15) is 4.79 Å². The van der Waals surface area contributed by atoms with Gasteiger partial charge in [-0.2, -0.15) is 0 Å². The first kappa shape index (κ1) is 19.5. The van der Waals surface area contributed by atoms with Crippen molar-refractivity contribution >= 4 is 23.0 Å². The molecule has 0 spiro atoms. The fourth-order valence-corrected chi connectivity index (χ4v) is 4.54. The predicted octanol–water partition coefficient (Wildman–Crippen LogP) is 4.20. The number of H-pyrrole nitrogens is 1. The summed E-state index contributed by atoms with van der Waals surface area (Å²) >= 11 is 0. The largest absolute Gasteiger partial charge is 0.342 e. The highest BCUT2D eigenvalue weighted by Crippen LogP contribution is 2.30. The molecule has 6 heteroatoms. The Morgan fingerprint density at radius 3 is 2.81 bits per heavy atom. The number of hydrogen-bond acceptors (Lipinski definition) is 5. The van der Waals surface area contributed by atoms with Crippen LogP contribution in [-0.4, -0.2) is 47.7 Å². The number of fused-ring (bicyclic) bond motifs is 2. The van der Waals surface area contributed by atoms with Crippen molar-refractivity contribution in [1.29, 1.82) is 0 Å². The van der Waals surface area contributed by atoms with Crippen LogP contribution >= 0.6 is 0 Å². The monoisotopic (exact) mass is 413 g/mol. The number of aryl methyl sites for hydroxylation is 1. The van der Waals surface area contributed by atoms with Gasteiger partial charge < -0.3 is 14.8 Å². The first-order valence-corrected chi connectivity index (χ1v) is 11.0. The quantitative estimate of drug-likeness (QED) is 0.655. The molecule has 1 N–H and O–H groups in total. The normalized spacial score (nSPS) is 17.0. The van der Waals surface area contributed by atoms with Gasteiger partial charge in [-0.15, -0.1) is 0 Å². The fourth-order valence-electron chi connectivity index (χ4n) is 4.54. The van der Waals surface area contributed by atoms with Crippen molar-refractivity contribution in [3.8, 4) is 11.3 Å². The molecule has 0 saturated carbocycles. The van der Waals surface area contributed by atoms with Gasteiger partial charge in [-0.3, -0.25) is 14.8 Å². The summed E-state index contributed by atoms with van der Waals surface area (Å²) < 4.78 is 0. The van der Waals surface area contributed by atoms with Crippen molar-refractivity contribution in [1.82, 2.24) is 9.88 Å². The maximum atomic E-state index is 12.7. The highest BCUT2D eigenvalue weighted by Gasteiger charge is 2.27. The Morgan fingerprint density at radius 2 is 1.90 bits per heavy atom. The average molecular weight is 414 g/mol. The summed E-state index contributed by atoms with van der Waals surface area (Å²) in [5.74, 6) is 1.08. The van der Waals surface area contributed by atoms with E-state index in [0.717, 1.165) is 78.9 Å². The Balaban J connectivity index is 1.54. The van der Waals surface area contributed by atoms with E-state index in [2.05, 4.69) is 39.9 Å². The van der Waals surface area contributed by atoms with E-state index in [1.165, 1.54) is 0 Å². The number of nitrogens with one attached hydrogen (secondary N) is 1. The summed E-state index contributed by atoms with van der Waals surface area (Å²) in [4.78, 5) is 30.0. The van der Waals surface area contributed by atoms with Crippen molar-refractivity contribution in [2.24, 2.45) is 9.98 Å². The number of benzene rings is 1. The molecule has 0 aromatic heterocycles. The zero-order valence-electron chi connectivity index (χ0n) is 18.1. The second-order valence-electron chi connectivity index (χ2n) is 8.26. The Bertz CT molecular complexity index is 1210. The number of hydrogen-bond donors (Lipinski definition) is 1. The van der Waals surface area contributed by atoms with Crippen LogP contribution in [0.2, 0.25) is 0 Å². The molecule has 0 unspecified atom stereocenters. The van der Waals surface area contributed by atoms with E-state index in [1.54, 1.807) is 0 Å². The lowest BCUT2D eigenvalue weighted by Crippen LogP contribution is -2.52. The van der Waals surface area contributed by atoms with E-state index in [0.29, 0.717) is 5.56 Å². The van der Waals surface area contributed by atoms with Crippen LogP contribution in [0.15, 0.2) is 63.3 Å². The molecule has 31 heavy (non-hydrogen) atoms. The molecule has 4 aliphatic rings. The van der Waals surface area contributed by atoms with Crippen LogP contribution in [0.1, 0.15) is 30.9 Å². The van der Waals surface area contributed by atoms with Gasteiger partial charge in [-0.1, -0.05) is 30.3 Å². The molecule has 5 rings (SSSR count). The second kappa shape index (κ2) is 8.02. The molecule has 1 saturated heterocycles. The molecule has 1 aromatic rings. The van der Waals surface area contributed by atoms with Crippen LogP contribution in [0.3, 0.4) is 0 Å². The zero-order chi connectivity index (χ0) is 21.4. The van der Waals surface area contributed by atoms with Crippen molar-refractivity contribution < 1.29 is 0 Å². The molecule has 6 nitrogen and oxygen atoms in total. The number of aliphatic imine (C=N–C) groups is 2. The molecule has 158 valence electrons. The van der Waals surface area contributed by atoms with Gasteiger partial charge in [0.15, 0.2) is 0 Å². The Labute approximate surface area is 182 Å². The molecule has 3 heterocycles. The van der Waals surface area contributed by atoms with Gasteiger partial charge in [0.05, 0.1) is 17.0 Å². The Morgan fingerprint density at radius 1 is 1.06 bits per heavy atom.